The Morgan fingerprint density at radius 1 is 0.923 bits per heavy atom. The van der Waals surface area contributed by atoms with Crippen molar-refractivity contribution < 1.29 is 4.39 Å². The lowest BCUT2D eigenvalue weighted by Gasteiger charge is -2.03. The van der Waals surface area contributed by atoms with E-state index in [1.54, 1.807) is 24.5 Å². The Balaban J connectivity index is 1.91. The molecule has 0 radical (unpaired) electrons. The van der Waals surface area contributed by atoms with Gasteiger partial charge in [-0.25, -0.2) is 9.37 Å². The first-order chi connectivity index (χ1) is 12.6. The number of aryl methyl sites for hydroxylation is 1. The van der Waals surface area contributed by atoms with E-state index in [1.807, 2.05) is 37.3 Å². The summed E-state index contributed by atoms with van der Waals surface area (Å²) in [6.07, 6.45) is 3.47. The number of nitrogens with zero attached hydrogens (tertiary/aromatic N) is 2. The Morgan fingerprint density at radius 2 is 1.65 bits per heavy atom. The van der Waals surface area contributed by atoms with Crippen molar-refractivity contribution in [1.82, 2.24) is 15.0 Å². The summed E-state index contributed by atoms with van der Waals surface area (Å²) >= 11 is 4.59. The minimum Gasteiger partial charge on any atom is -0.337 e. The van der Waals surface area contributed by atoms with Crippen LogP contribution in [0.5, 0.6) is 0 Å². The van der Waals surface area contributed by atoms with Crippen molar-refractivity contribution in [2.24, 2.45) is 0 Å². The summed E-state index contributed by atoms with van der Waals surface area (Å²) in [5, 5.41) is 0. The SMILES string of the molecule is Cc1ccc(-c2nc(-c3ccc(F)cc3)c(-c3ccncc3)[nH]2)c(S)c1. The summed E-state index contributed by atoms with van der Waals surface area (Å²) in [7, 11) is 0. The predicted octanol–water partition coefficient (Wildman–Crippen LogP) is 5.54. The number of hydrogen-bond acceptors (Lipinski definition) is 3. The Bertz CT molecular complexity index is 1060. The van der Waals surface area contributed by atoms with E-state index in [4.69, 9.17) is 4.98 Å². The maximum Gasteiger partial charge on any atom is 0.139 e. The molecular weight excluding hydrogens is 345 g/mol. The van der Waals surface area contributed by atoms with Gasteiger partial charge in [0, 0.05) is 34.0 Å². The molecule has 2 heterocycles. The number of benzene rings is 2. The molecule has 26 heavy (non-hydrogen) atoms. The lowest BCUT2D eigenvalue weighted by Crippen LogP contribution is -1.85. The smallest absolute Gasteiger partial charge is 0.139 e. The number of aromatic nitrogens is 3. The molecule has 0 saturated carbocycles. The van der Waals surface area contributed by atoms with Gasteiger partial charge in [0.2, 0.25) is 0 Å². The number of hydrogen-bond donors (Lipinski definition) is 2. The van der Waals surface area contributed by atoms with Crippen LogP contribution in [0.1, 0.15) is 5.56 Å². The Kier molecular flexibility index (Phi) is 4.31. The summed E-state index contributed by atoms with van der Waals surface area (Å²) < 4.78 is 13.3. The zero-order chi connectivity index (χ0) is 18.1. The maximum absolute atomic E-state index is 13.3. The average molecular weight is 361 g/mol. The van der Waals surface area contributed by atoms with Gasteiger partial charge in [-0.05, 0) is 61.0 Å². The molecule has 0 atom stereocenters. The van der Waals surface area contributed by atoms with Crippen LogP contribution in [-0.4, -0.2) is 15.0 Å². The van der Waals surface area contributed by atoms with Crippen molar-refractivity contribution in [1.29, 1.82) is 0 Å². The first-order valence-corrected chi connectivity index (χ1v) is 8.63. The van der Waals surface area contributed by atoms with E-state index < -0.39 is 0 Å². The van der Waals surface area contributed by atoms with Gasteiger partial charge in [-0.3, -0.25) is 4.98 Å². The third-order valence-electron chi connectivity index (χ3n) is 4.20. The van der Waals surface area contributed by atoms with E-state index in [0.29, 0.717) is 0 Å². The molecule has 0 aliphatic heterocycles. The van der Waals surface area contributed by atoms with Crippen LogP contribution in [0.2, 0.25) is 0 Å². The van der Waals surface area contributed by atoms with Crippen LogP contribution in [-0.2, 0) is 0 Å². The number of imidazole rings is 1. The molecule has 0 amide bonds. The van der Waals surface area contributed by atoms with Crippen LogP contribution in [0, 0.1) is 12.7 Å². The van der Waals surface area contributed by atoms with E-state index in [9.17, 15) is 4.39 Å². The fraction of sp³-hybridized carbons (Fsp3) is 0.0476. The van der Waals surface area contributed by atoms with Crippen LogP contribution >= 0.6 is 12.6 Å². The second kappa shape index (κ2) is 6.77. The molecule has 4 aromatic rings. The number of pyridine rings is 1. The van der Waals surface area contributed by atoms with E-state index >= 15 is 0 Å². The van der Waals surface area contributed by atoms with E-state index in [-0.39, 0.29) is 5.82 Å². The summed E-state index contributed by atoms with van der Waals surface area (Å²) in [6, 6.07) is 16.2. The molecule has 0 unspecified atom stereocenters. The van der Waals surface area contributed by atoms with Crippen molar-refractivity contribution >= 4 is 12.6 Å². The molecule has 0 saturated heterocycles. The molecule has 128 valence electrons. The number of nitrogens with one attached hydrogen (secondary N) is 1. The maximum atomic E-state index is 13.3. The fourth-order valence-corrected chi connectivity index (χ4v) is 3.27. The van der Waals surface area contributed by atoms with Crippen LogP contribution < -0.4 is 0 Å². The zero-order valence-electron chi connectivity index (χ0n) is 14.1. The lowest BCUT2D eigenvalue weighted by molar-refractivity contribution is 0.628. The van der Waals surface area contributed by atoms with Crippen molar-refractivity contribution in [3.63, 3.8) is 0 Å². The summed E-state index contributed by atoms with van der Waals surface area (Å²) in [4.78, 5) is 13.1. The minimum atomic E-state index is -0.272. The van der Waals surface area contributed by atoms with Gasteiger partial charge < -0.3 is 4.98 Å². The highest BCUT2D eigenvalue weighted by atomic mass is 32.1. The van der Waals surface area contributed by atoms with Gasteiger partial charge in [-0.1, -0.05) is 6.07 Å². The zero-order valence-corrected chi connectivity index (χ0v) is 15.0. The first kappa shape index (κ1) is 16.5. The number of H-pyrrole nitrogens is 1. The standard InChI is InChI=1S/C21H16FN3S/c1-13-2-7-17(18(26)12-13)21-24-19(14-3-5-16(22)6-4-14)20(25-21)15-8-10-23-11-9-15/h2-12,26H,1H3,(H,24,25). The molecule has 3 nitrogen and oxygen atoms in total. The highest BCUT2D eigenvalue weighted by Crippen LogP contribution is 2.34. The average Bonchev–Trinajstić information content (AvgIpc) is 3.08. The Labute approximate surface area is 156 Å². The third kappa shape index (κ3) is 3.13. The molecular formula is C21H16FN3S. The highest BCUT2D eigenvalue weighted by molar-refractivity contribution is 7.80. The highest BCUT2D eigenvalue weighted by Gasteiger charge is 2.16. The van der Waals surface area contributed by atoms with Crippen molar-refractivity contribution in [3.05, 3.63) is 78.4 Å². The van der Waals surface area contributed by atoms with Gasteiger partial charge in [-0.15, -0.1) is 12.6 Å². The second-order valence-electron chi connectivity index (χ2n) is 6.07. The molecule has 0 spiro atoms. The van der Waals surface area contributed by atoms with E-state index in [0.717, 1.165) is 44.4 Å². The topological polar surface area (TPSA) is 41.6 Å². The predicted molar refractivity (Wildman–Crippen MR) is 105 cm³/mol. The van der Waals surface area contributed by atoms with Gasteiger partial charge in [0.25, 0.3) is 0 Å². The van der Waals surface area contributed by atoms with Gasteiger partial charge in [-0.2, -0.15) is 0 Å². The van der Waals surface area contributed by atoms with Crippen LogP contribution in [0.25, 0.3) is 33.9 Å². The van der Waals surface area contributed by atoms with Gasteiger partial charge in [0.15, 0.2) is 0 Å². The van der Waals surface area contributed by atoms with Crippen molar-refractivity contribution in [2.45, 2.75) is 11.8 Å². The van der Waals surface area contributed by atoms with Crippen molar-refractivity contribution in [3.8, 4) is 33.9 Å². The summed E-state index contributed by atoms with van der Waals surface area (Å²) in [5.74, 6) is 0.451. The Morgan fingerprint density at radius 3 is 2.35 bits per heavy atom. The number of aromatic amines is 1. The second-order valence-corrected chi connectivity index (χ2v) is 6.55. The molecule has 4 rings (SSSR count). The molecule has 2 aromatic carbocycles. The molecule has 5 heteroatoms. The normalized spacial score (nSPS) is 10.9. The lowest BCUT2D eigenvalue weighted by atomic mass is 10.1. The Hall–Kier alpha value is -2.92. The summed E-state index contributed by atoms with van der Waals surface area (Å²) in [5.41, 5.74) is 5.49. The summed E-state index contributed by atoms with van der Waals surface area (Å²) in [6.45, 7) is 2.03. The molecule has 2 aromatic heterocycles. The monoisotopic (exact) mass is 361 g/mol. The van der Waals surface area contributed by atoms with Crippen LogP contribution in [0.3, 0.4) is 0 Å². The third-order valence-corrected chi connectivity index (χ3v) is 4.57. The fourth-order valence-electron chi connectivity index (χ4n) is 2.89. The first-order valence-electron chi connectivity index (χ1n) is 8.18. The molecule has 0 aliphatic carbocycles. The largest absolute Gasteiger partial charge is 0.337 e. The minimum absolute atomic E-state index is 0.272. The van der Waals surface area contributed by atoms with Gasteiger partial charge in [0.05, 0.1) is 11.4 Å². The van der Waals surface area contributed by atoms with E-state index in [1.165, 1.54) is 12.1 Å². The number of thiol groups is 1. The van der Waals surface area contributed by atoms with Gasteiger partial charge >= 0.3 is 0 Å². The quantitative estimate of drug-likeness (QED) is 0.470. The van der Waals surface area contributed by atoms with Crippen molar-refractivity contribution in [2.75, 3.05) is 0 Å². The molecule has 0 aliphatic rings. The molecule has 1 N–H and O–H groups in total. The molecule has 0 bridgehead atoms. The van der Waals surface area contributed by atoms with Crippen LogP contribution in [0.4, 0.5) is 4.39 Å². The molecule has 0 fully saturated rings. The number of rotatable bonds is 3. The van der Waals surface area contributed by atoms with E-state index in [2.05, 4.69) is 22.6 Å². The number of halogens is 1. The van der Waals surface area contributed by atoms with Gasteiger partial charge in [0.1, 0.15) is 11.6 Å². The van der Waals surface area contributed by atoms with Crippen LogP contribution in [0.15, 0.2) is 71.9 Å².